The Balaban J connectivity index is 1.84. The molecule has 0 fully saturated rings. The number of aliphatic imine (C=N–C) groups is 2. The van der Waals surface area contributed by atoms with E-state index in [2.05, 4.69) is 9.98 Å². The third-order valence-corrected chi connectivity index (χ3v) is 3.81. The normalized spacial score (nSPS) is 17.9. The number of aromatic nitrogens is 1. The third kappa shape index (κ3) is 2.95. The van der Waals surface area contributed by atoms with Gasteiger partial charge in [-0.3, -0.25) is 9.98 Å². The Hall–Kier alpha value is -1.99. The maximum atomic E-state index is 9.15. The van der Waals surface area contributed by atoms with Crippen LogP contribution >= 0.6 is 0 Å². The SMILES string of the molecule is OCCN1CCN=C1c1cccc(C2=NCCN2CCO)n1. The number of aliphatic hydroxyl groups is 2. The van der Waals surface area contributed by atoms with Gasteiger partial charge in [0.15, 0.2) is 0 Å². The van der Waals surface area contributed by atoms with E-state index in [1.165, 1.54) is 0 Å². The number of amidine groups is 2. The van der Waals surface area contributed by atoms with Crippen LogP contribution in [0.2, 0.25) is 0 Å². The summed E-state index contributed by atoms with van der Waals surface area (Å²) in [5.74, 6) is 1.67. The Morgan fingerprint density at radius 2 is 1.36 bits per heavy atom. The molecular formula is C15H21N5O2. The highest BCUT2D eigenvalue weighted by Gasteiger charge is 2.22. The first-order chi connectivity index (χ1) is 10.8. The Kier molecular flexibility index (Phi) is 4.65. The molecule has 7 nitrogen and oxygen atoms in total. The fourth-order valence-electron chi connectivity index (χ4n) is 2.81. The van der Waals surface area contributed by atoms with Crippen LogP contribution in [0.1, 0.15) is 11.4 Å². The largest absolute Gasteiger partial charge is 0.395 e. The zero-order chi connectivity index (χ0) is 15.4. The van der Waals surface area contributed by atoms with E-state index < -0.39 is 0 Å². The predicted octanol–water partition coefficient (Wildman–Crippen LogP) is -0.809. The number of nitrogens with zero attached hydrogens (tertiary/aromatic N) is 5. The summed E-state index contributed by atoms with van der Waals surface area (Å²) in [6.45, 7) is 4.46. The fourth-order valence-corrected chi connectivity index (χ4v) is 2.81. The standard InChI is InChI=1S/C15H21N5O2/c21-10-8-19-6-4-16-14(19)12-2-1-3-13(18-12)15-17-5-7-20(15)9-11-22/h1-3,21-22H,4-11H2. The number of hydrogen-bond donors (Lipinski definition) is 2. The molecule has 0 spiro atoms. The van der Waals surface area contributed by atoms with Gasteiger partial charge in [-0.15, -0.1) is 0 Å². The van der Waals surface area contributed by atoms with Gasteiger partial charge in [0.1, 0.15) is 23.1 Å². The molecule has 118 valence electrons. The minimum absolute atomic E-state index is 0.107. The molecule has 3 heterocycles. The van der Waals surface area contributed by atoms with Crippen LogP contribution in [-0.4, -0.2) is 89.2 Å². The van der Waals surface area contributed by atoms with E-state index in [1.807, 2.05) is 28.0 Å². The van der Waals surface area contributed by atoms with Crippen LogP contribution in [-0.2, 0) is 0 Å². The molecule has 0 amide bonds. The molecule has 22 heavy (non-hydrogen) atoms. The molecule has 0 radical (unpaired) electrons. The Morgan fingerprint density at radius 3 is 1.82 bits per heavy atom. The van der Waals surface area contributed by atoms with Crippen molar-refractivity contribution in [3.63, 3.8) is 0 Å². The van der Waals surface area contributed by atoms with Crippen LogP contribution in [0.5, 0.6) is 0 Å². The van der Waals surface area contributed by atoms with Crippen molar-refractivity contribution in [2.45, 2.75) is 0 Å². The molecule has 0 saturated heterocycles. The molecule has 7 heteroatoms. The van der Waals surface area contributed by atoms with Crippen LogP contribution in [0, 0.1) is 0 Å². The van der Waals surface area contributed by atoms with Gasteiger partial charge in [0.25, 0.3) is 0 Å². The lowest BCUT2D eigenvalue weighted by atomic mass is 10.2. The van der Waals surface area contributed by atoms with E-state index >= 15 is 0 Å². The number of aliphatic hydroxyl groups excluding tert-OH is 2. The summed E-state index contributed by atoms with van der Waals surface area (Å²) >= 11 is 0. The maximum Gasteiger partial charge on any atom is 0.150 e. The molecule has 2 aliphatic heterocycles. The minimum Gasteiger partial charge on any atom is -0.395 e. The monoisotopic (exact) mass is 303 g/mol. The smallest absolute Gasteiger partial charge is 0.150 e. The van der Waals surface area contributed by atoms with Gasteiger partial charge in [0.05, 0.1) is 26.3 Å². The number of hydrogen-bond acceptors (Lipinski definition) is 7. The van der Waals surface area contributed by atoms with Crippen molar-refractivity contribution in [2.75, 3.05) is 52.5 Å². The van der Waals surface area contributed by atoms with Crippen molar-refractivity contribution in [2.24, 2.45) is 9.98 Å². The quantitative estimate of drug-likeness (QED) is 0.718. The molecule has 2 aliphatic rings. The van der Waals surface area contributed by atoms with Crippen LogP contribution in [0.4, 0.5) is 0 Å². The van der Waals surface area contributed by atoms with Crippen LogP contribution in [0.25, 0.3) is 0 Å². The van der Waals surface area contributed by atoms with Gasteiger partial charge < -0.3 is 20.0 Å². The van der Waals surface area contributed by atoms with E-state index in [0.29, 0.717) is 13.1 Å². The average Bonchev–Trinajstić information content (AvgIpc) is 3.17. The number of pyridine rings is 1. The molecule has 3 rings (SSSR count). The molecule has 1 aromatic heterocycles. The average molecular weight is 303 g/mol. The van der Waals surface area contributed by atoms with E-state index in [-0.39, 0.29) is 13.2 Å². The van der Waals surface area contributed by atoms with Gasteiger partial charge >= 0.3 is 0 Å². The number of rotatable bonds is 6. The van der Waals surface area contributed by atoms with Gasteiger partial charge in [0, 0.05) is 26.2 Å². The Bertz CT molecular complexity index is 540. The van der Waals surface area contributed by atoms with Crippen LogP contribution in [0.3, 0.4) is 0 Å². The van der Waals surface area contributed by atoms with Gasteiger partial charge in [-0.1, -0.05) is 6.07 Å². The fraction of sp³-hybridized carbons (Fsp3) is 0.533. The Morgan fingerprint density at radius 1 is 0.864 bits per heavy atom. The van der Waals surface area contributed by atoms with Crippen molar-refractivity contribution < 1.29 is 10.2 Å². The third-order valence-electron chi connectivity index (χ3n) is 3.81. The first-order valence-electron chi connectivity index (χ1n) is 7.62. The summed E-state index contributed by atoms with van der Waals surface area (Å²) in [5.41, 5.74) is 1.61. The van der Waals surface area contributed by atoms with Crippen LogP contribution in [0.15, 0.2) is 28.2 Å². The second kappa shape index (κ2) is 6.85. The van der Waals surface area contributed by atoms with Crippen molar-refractivity contribution >= 4 is 11.7 Å². The summed E-state index contributed by atoms with van der Waals surface area (Å²) in [5, 5.41) is 18.3. The lowest BCUT2D eigenvalue weighted by molar-refractivity contribution is 0.256. The minimum atomic E-state index is 0.107. The van der Waals surface area contributed by atoms with Gasteiger partial charge in [-0.25, -0.2) is 4.98 Å². The van der Waals surface area contributed by atoms with Crippen molar-refractivity contribution in [3.8, 4) is 0 Å². The lowest BCUT2D eigenvalue weighted by Crippen LogP contribution is -2.33. The van der Waals surface area contributed by atoms with Crippen molar-refractivity contribution in [1.82, 2.24) is 14.8 Å². The topological polar surface area (TPSA) is 84.5 Å². The zero-order valence-electron chi connectivity index (χ0n) is 12.5. The molecule has 0 atom stereocenters. The highest BCUT2D eigenvalue weighted by atomic mass is 16.3. The second-order valence-electron chi connectivity index (χ2n) is 5.24. The van der Waals surface area contributed by atoms with Crippen molar-refractivity contribution in [1.29, 1.82) is 0 Å². The summed E-state index contributed by atoms with van der Waals surface area (Å²) in [7, 11) is 0. The summed E-state index contributed by atoms with van der Waals surface area (Å²) in [6, 6.07) is 5.82. The lowest BCUT2D eigenvalue weighted by Gasteiger charge is -2.20. The molecule has 0 aliphatic carbocycles. The molecule has 0 saturated carbocycles. The molecule has 1 aromatic rings. The summed E-state index contributed by atoms with van der Waals surface area (Å²) in [6.07, 6.45) is 0. The zero-order valence-corrected chi connectivity index (χ0v) is 12.5. The summed E-state index contributed by atoms with van der Waals surface area (Å²) in [4.78, 5) is 17.8. The molecule has 2 N–H and O–H groups in total. The highest BCUT2D eigenvalue weighted by Crippen LogP contribution is 2.13. The molecular weight excluding hydrogens is 282 g/mol. The first-order valence-corrected chi connectivity index (χ1v) is 7.62. The van der Waals surface area contributed by atoms with E-state index in [9.17, 15) is 0 Å². The van der Waals surface area contributed by atoms with Gasteiger partial charge in [-0.2, -0.15) is 0 Å². The van der Waals surface area contributed by atoms with E-state index in [4.69, 9.17) is 15.2 Å². The van der Waals surface area contributed by atoms with Gasteiger partial charge in [0.2, 0.25) is 0 Å². The summed E-state index contributed by atoms with van der Waals surface area (Å²) < 4.78 is 0. The van der Waals surface area contributed by atoms with E-state index in [1.54, 1.807) is 0 Å². The van der Waals surface area contributed by atoms with Crippen LogP contribution < -0.4 is 0 Å². The second-order valence-corrected chi connectivity index (χ2v) is 5.24. The van der Waals surface area contributed by atoms with Crippen molar-refractivity contribution in [3.05, 3.63) is 29.6 Å². The predicted molar refractivity (Wildman–Crippen MR) is 84.4 cm³/mol. The van der Waals surface area contributed by atoms with Gasteiger partial charge in [-0.05, 0) is 12.1 Å². The molecule has 0 unspecified atom stereocenters. The molecule has 0 aromatic carbocycles. The highest BCUT2D eigenvalue weighted by molar-refractivity contribution is 6.01. The van der Waals surface area contributed by atoms with E-state index in [0.717, 1.165) is 49.2 Å². The first kappa shape index (κ1) is 14.9. The molecule has 0 bridgehead atoms. The maximum absolute atomic E-state index is 9.15. The number of β-amino-alcohol motifs (C(OH)–C–C–N with tert-alkyl or cyclic N) is 2. The Labute approximate surface area is 129 Å².